The van der Waals surface area contributed by atoms with Crippen molar-refractivity contribution in [2.24, 2.45) is 5.92 Å². The van der Waals surface area contributed by atoms with Gasteiger partial charge in [0.05, 0.1) is 30.4 Å². The Balaban J connectivity index is 1.33. The van der Waals surface area contributed by atoms with Crippen molar-refractivity contribution < 1.29 is 27.1 Å². The summed E-state index contributed by atoms with van der Waals surface area (Å²) in [4.78, 5) is 32.3. The zero-order chi connectivity index (χ0) is 23.6. The molecule has 3 amide bonds. The van der Waals surface area contributed by atoms with Gasteiger partial charge in [0.25, 0.3) is 0 Å². The highest BCUT2D eigenvalue weighted by molar-refractivity contribution is 7.89. The standard InChI is InChI=1S/C21H24FN5O5S/c1-13(15-4-5-17(22)18(8-15)32-12-14-2-3-14)26-33(30,31)7-6-19-23-9-16(10-24-19)27-11-20(28)25-21(27)29/h4-5,8-10,13-14,26H,2-3,6-7,11-12H2,1H3,(H,25,28,29)/t13-/m1/s1. The molecule has 2 heterocycles. The molecule has 33 heavy (non-hydrogen) atoms. The van der Waals surface area contributed by atoms with Gasteiger partial charge in [0.1, 0.15) is 12.4 Å². The van der Waals surface area contributed by atoms with Crippen LogP contribution in [-0.4, -0.2) is 49.2 Å². The van der Waals surface area contributed by atoms with Gasteiger partial charge in [-0.3, -0.25) is 15.0 Å². The van der Waals surface area contributed by atoms with Crippen LogP contribution in [0.5, 0.6) is 5.75 Å². The van der Waals surface area contributed by atoms with Crippen LogP contribution in [-0.2, 0) is 21.2 Å². The largest absolute Gasteiger partial charge is 0.490 e. The first kappa shape index (κ1) is 23.1. The van der Waals surface area contributed by atoms with Crippen LogP contribution in [0.2, 0.25) is 0 Å². The van der Waals surface area contributed by atoms with Crippen LogP contribution in [0.3, 0.4) is 0 Å². The Kier molecular flexibility index (Phi) is 6.56. The summed E-state index contributed by atoms with van der Waals surface area (Å²) < 4.78 is 47.2. The van der Waals surface area contributed by atoms with Crippen molar-refractivity contribution in [2.45, 2.75) is 32.2 Å². The minimum absolute atomic E-state index is 0.0482. The van der Waals surface area contributed by atoms with Crippen molar-refractivity contribution in [1.82, 2.24) is 20.0 Å². The molecule has 2 aromatic rings. The molecule has 0 radical (unpaired) electrons. The normalized spacial score (nSPS) is 17.2. The number of halogens is 1. The Labute approximate surface area is 190 Å². The van der Waals surface area contributed by atoms with Gasteiger partial charge in [-0.05, 0) is 43.4 Å². The Morgan fingerprint density at radius 1 is 1.27 bits per heavy atom. The van der Waals surface area contributed by atoms with Gasteiger partial charge in [-0.2, -0.15) is 0 Å². The van der Waals surface area contributed by atoms with Crippen LogP contribution in [0.4, 0.5) is 14.9 Å². The number of hydrogen-bond acceptors (Lipinski definition) is 7. The van der Waals surface area contributed by atoms with Crippen molar-refractivity contribution >= 4 is 27.6 Å². The minimum atomic E-state index is -3.69. The third kappa shape index (κ3) is 6.02. The Bertz CT molecular complexity index is 1150. The molecule has 1 saturated carbocycles. The minimum Gasteiger partial charge on any atom is -0.490 e. The summed E-state index contributed by atoms with van der Waals surface area (Å²) in [7, 11) is -3.69. The average molecular weight is 478 g/mol. The van der Waals surface area contributed by atoms with Crippen molar-refractivity contribution in [3.8, 4) is 5.75 Å². The lowest BCUT2D eigenvalue weighted by Gasteiger charge is -2.16. The number of imide groups is 1. The molecule has 1 aromatic carbocycles. The summed E-state index contributed by atoms with van der Waals surface area (Å²) in [5.74, 6) is -0.294. The summed E-state index contributed by atoms with van der Waals surface area (Å²) in [5, 5.41) is 2.15. The van der Waals surface area contributed by atoms with Crippen LogP contribution in [0, 0.1) is 11.7 Å². The van der Waals surface area contributed by atoms with Crippen LogP contribution in [0.25, 0.3) is 0 Å². The number of anilines is 1. The SMILES string of the molecule is C[C@@H](NS(=O)(=O)CCc1ncc(N2CC(=O)NC2=O)cn1)c1ccc(F)c(OCC2CC2)c1. The first-order valence-corrected chi connectivity index (χ1v) is 12.2. The number of nitrogens with zero attached hydrogens (tertiary/aromatic N) is 3. The number of hydrogen-bond donors (Lipinski definition) is 2. The van der Waals surface area contributed by atoms with Gasteiger partial charge < -0.3 is 4.74 Å². The molecule has 1 aliphatic carbocycles. The van der Waals surface area contributed by atoms with Gasteiger partial charge in [0.15, 0.2) is 11.6 Å². The number of rotatable bonds is 10. The van der Waals surface area contributed by atoms with Gasteiger partial charge in [0, 0.05) is 12.5 Å². The maximum atomic E-state index is 14.0. The van der Waals surface area contributed by atoms with Crippen molar-refractivity contribution in [2.75, 3.05) is 23.8 Å². The lowest BCUT2D eigenvalue weighted by Crippen LogP contribution is -2.30. The summed E-state index contributed by atoms with van der Waals surface area (Å²) in [6.45, 7) is 2.01. The second-order valence-corrected chi connectivity index (χ2v) is 10.0. The lowest BCUT2D eigenvalue weighted by molar-refractivity contribution is -0.117. The van der Waals surface area contributed by atoms with Crippen LogP contribution < -0.4 is 19.7 Å². The van der Waals surface area contributed by atoms with Crippen molar-refractivity contribution in [3.63, 3.8) is 0 Å². The molecule has 1 aromatic heterocycles. The Morgan fingerprint density at radius 3 is 2.64 bits per heavy atom. The molecule has 0 unspecified atom stereocenters. The zero-order valence-corrected chi connectivity index (χ0v) is 18.8. The number of aromatic nitrogens is 2. The summed E-state index contributed by atoms with van der Waals surface area (Å²) in [5.41, 5.74) is 0.928. The highest BCUT2D eigenvalue weighted by Gasteiger charge is 2.28. The maximum absolute atomic E-state index is 14.0. The van der Waals surface area contributed by atoms with Gasteiger partial charge in [-0.1, -0.05) is 6.07 Å². The maximum Gasteiger partial charge on any atom is 0.329 e. The molecular weight excluding hydrogens is 453 g/mol. The monoisotopic (exact) mass is 477 g/mol. The van der Waals surface area contributed by atoms with E-state index >= 15 is 0 Å². The molecule has 2 fully saturated rings. The molecule has 0 bridgehead atoms. The molecule has 0 spiro atoms. The highest BCUT2D eigenvalue weighted by Crippen LogP contribution is 2.31. The summed E-state index contributed by atoms with van der Waals surface area (Å²) in [6, 6.07) is 3.17. The molecule has 176 valence electrons. The van der Waals surface area contributed by atoms with E-state index < -0.39 is 33.8 Å². The van der Waals surface area contributed by atoms with E-state index in [1.54, 1.807) is 6.92 Å². The molecule has 1 saturated heterocycles. The molecule has 10 nitrogen and oxygen atoms in total. The number of aryl methyl sites for hydroxylation is 1. The summed E-state index contributed by atoms with van der Waals surface area (Å²) >= 11 is 0. The number of sulfonamides is 1. The van der Waals surface area contributed by atoms with E-state index in [0.717, 1.165) is 12.8 Å². The van der Waals surface area contributed by atoms with Crippen molar-refractivity contribution in [1.29, 1.82) is 0 Å². The van der Waals surface area contributed by atoms with E-state index in [0.29, 0.717) is 23.8 Å². The van der Waals surface area contributed by atoms with Crippen LogP contribution in [0.1, 0.15) is 37.2 Å². The first-order valence-electron chi connectivity index (χ1n) is 10.5. The second-order valence-electron chi connectivity index (χ2n) is 8.15. The number of amides is 3. The molecule has 1 aliphatic heterocycles. The molecule has 1 atom stereocenters. The van der Waals surface area contributed by atoms with Gasteiger partial charge in [-0.25, -0.2) is 32.3 Å². The van der Waals surface area contributed by atoms with Gasteiger partial charge in [0.2, 0.25) is 15.9 Å². The first-order chi connectivity index (χ1) is 15.7. The quantitative estimate of drug-likeness (QED) is 0.498. The zero-order valence-electron chi connectivity index (χ0n) is 18.0. The number of carbonyl (C=O) groups excluding carboxylic acids is 2. The number of ether oxygens (including phenoxy) is 1. The van der Waals surface area contributed by atoms with E-state index in [1.165, 1.54) is 35.5 Å². The third-order valence-electron chi connectivity index (χ3n) is 5.37. The van der Waals surface area contributed by atoms with Gasteiger partial charge >= 0.3 is 6.03 Å². The third-order valence-corrected chi connectivity index (χ3v) is 6.83. The predicted molar refractivity (Wildman–Crippen MR) is 117 cm³/mol. The molecular formula is C21H24FN5O5S. The average Bonchev–Trinajstić information content (AvgIpc) is 3.54. The van der Waals surface area contributed by atoms with E-state index in [1.807, 2.05) is 0 Å². The smallest absolute Gasteiger partial charge is 0.329 e. The van der Waals surface area contributed by atoms with E-state index in [2.05, 4.69) is 20.0 Å². The number of urea groups is 1. The fraction of sp³-hybridized carbons (Fsp3) is 0.429. The number of carbonyl (C=O) groups is 2. The van der Waals surface area contributed by atoms with E-state index in [4.69, 9.17) is 4.74 Å². The van der Waals surface area contributed by atoms with Crippen LogP contribution in [0.15, 0.2) is 30.6 Å². The molecule has 2 N–H and O–H groups in total. The van der Waals surface area contributed by atoms with E-state index in [-0.39, 0.29) is 30.3 Å². The number of benzene rings is 1. The van der Waals surface area contributed by atoms with Gasteiger partial charge in [-0.15, -0.1) is 0 Å². The molecule has 2 aliphatic rings. The Hall–Kier alpha value is -3.12. The predicted octanol–water partition coefficient (Wildman–Crippen LogP) is 1.68. The topological polar surface area (TPSA) is 131 Å². The second kappa shape index (κ2) is 9.40. The fourth-order valence-electron chi connectivity index (χ4n) is 3.28. The van der Waals surface area contributed by atoms with Crippen LogP contribution >= 0.6 is 0 Å². The molecule has 4 rings (SSSR count). The highest BCUT2D eigenvalue weighted by atomic mass is 32.2. The molecule has 12 heteroatoms. The number of nitrogens with one attached hydrogen (secondary N) is 2. The van der Waals surface area contributed by atoms with Crippen molar-refractivity contribution in [3.05, 3.63) is 47.8 Å². The van der Waals surface area contributed by atoms with E-state index in [9.17, 15) is 22.4 Å². The Morgan fingerprint density at radius 2 is 2.00 bits per heavy atom. The fourth-order valence-corrected chi connectivity index (χ4v) is 4.52. The lowest BCUT2D eigenvalue weighted by atomic mass is 10.1. The summed E-state index contributed by atoms with van der Waals surface area (Å²) in [6.07, 6.45) is 4.94.